The number of pyridine rings is 1. The third-order valence-electron chi connectivity index (χ3n) is 3.99. The molecule has 1 aromatic carbocycles. The zero-order chi connectivity index (χ0) is 16.8. The Balaban J connectivity index is 1.81. The molecule has 0 aliphatic rings. The standard InChI is InChI=1S/C19H21ClN4/c1-2-24-15-21-11-18(24)14-23(13-17-8-5-6-10-22-17)12-16-7-3-4-9-19(16)20/h3-11,15H,2,12-14H2,1H3. The van der Waals surface area contributed by atoms with Crippen molar-refractivity contribution in [3.63, 3.8) is 0 Å². The normalized spacial score (nSPS) is 11.1. The molecule has 0 spiro atoms. The minimum atomic E-state index is 0.765. The number of aryl methyl sites for hydroxylation is 1. The third-order valence-corrected chi connectivity index (χ3v) is 4.36. The van der Waals surface area contributed by atoms with Crippen molar-refractivity contribution in [1.82, 2.24) is 19.4 Å². The minimum absolute atomic E-state index is 0.765. The lowest BCUT2D eigenvalue weighted by Crippen LogP contribution is -2.24. The second kappa shape index (κ2) is 8.08. The molecule has 4 nitrogen and oxygen atoms in total. The Hall–Kier alpha value is -2.17. The summed E-state index contributed by atoms with van der Waals surface area (Å²) in [5, 5.41) is 0.799. The van der Waals surface area contributed by atoms with E-state index in [-0.39, 0.29) is 0 Å². The van der Waals surface area contributed by atoms with Gasteiger partial charge in [-0.3, -0.25) is 9.88 Å². The first-order valence-electron chi connectivity index (χ1n) is 8.11. The second-order valence-electron chi connectivity index (χ2n) is 5.73. The number of hydrogen-bond acceptors (Lipinski definition) is 3. The minimum Gasteiger partial charge on any atom is -0.334 e. The smallest absolute Gasteiger partial charge is 0.0948 e. The van der Waals surface area contributed by atoms with Gasteiger partial charge < -0.3 is 4.57 Å². The van der Waals surface area contributed by atoms with Gasteiger partial charge in [0.15, 0.2) is 0 Å². The molecule has 0 bridgehead atoms. The molecule has 0 saturated heterocycles. The highest BCUT2D eigenvalue weighted by molar-refractivity contribution is 6.31. The van der Waals surface area contributed by atoms with Crippen LogP contribution in [0.5, 0.6) is 0 Å². The SMILES string of the molecule is CCn1cncc1CN(Cc1ccccn1)Cc1ccccc1Cl. The van der Waals surface area contributed by atoms with Crippen LogP contribution in [0.1, 0.15) is 23.9 Å². The van der Waals surface area contributed by atoms with Crippen LogP contribution in [-0.4, -0.2) is 19.4 Å². The van der Waals surface area contributed by atoms with Crippen LogP contribution in [0.3, 0.4) is 0 Å². The molecule has 0 atom stereocenters. The van der Waals surface area contributed by atoms with Crippen molar-refractivity contribution >= 4 is 11.6 Å². The van der Waals surface area contributed by atoms with Gasteiger partial charge in [-0.25, -0.2) is 4.98 Å². The second-order valence-corrected chi connectivity index (χ2v) is 6.14. The molecule has 124 valence electrons. The molecule has 3 aromatic rings. The molecule has 0 fully saturated rings. The number of aromatic nitrogens is 3. The van der Waals surface area contributed by atoms with E-state index in [4.69, 9.17) is 11.6 Å². The van der Waals surface area contributed by atoms with Crippen molar-refractivity contribution in [2.75, 3.05) is 0 Å². The molecular weight excluding hydrogens is 320 g/mol. The van der Waals surface area contributed by atoms with Crippen molar-refractivity contribution < 1.29 is 0 Å². The summed E-state index contributed by atoms with van der Waals surface area (Å²) in [5.41, 5.74) is 3.37. The zero-order valence-electron chi connectivity index (χ0n) is 13.8. The monoisotopic (exact) mass is 340 g/mol. The van der Waals surface area contributed by atoms with Gasteiger partial charge in [0.05, 0.1) is 17.7 Å². The van der Waals surface area contributed by atoms with Crippen LogP contribution in [-0.2, 0) is 26.2 Å². The summed E-state index contributed by atoms with van der Waals surface area (Å²) in [7, 11) is 0. The highest BCUT2D eigenvalue weighted by atomic mass is 35.5. The van der Waals surface area contributed by atoms with Gasteiger partial charge in [-0.2, -0.15) is 0 Å². The predicted molar refractivity (Wildman–Crippen MR) is 96.5 cm³/mol. The Labute approximate surface area is 147 Å². The average molecular weight is 341 g/mol. The van der Waals surface area contributed by atoms with Crippen LogP contribution in [0.25, 0.3) is 0 Å². The number of hydrogen-bond donors (Lipinski definition) is 0. The van der Waals surface area contributed by atoms with E-state index in [1.165, 1.54) is 5.69 Å². The van der Waals surface area contributed by atoms with Gasteiger partial charge in [0.2, 0.25) is 0 Å². The first-order valence-corrected chi connectivity index (χ1v) is 8.48. The van der Waals surface area contributed by atoms with Gasteiger partial charge in [0, 0.05) is 43.6 Å². The summed E-state index contributed by atoms with van der Waals surface area (Å²) in [6.45, 7) is 5.38. The van der Waals surface area contributed by atoms with Gasteiger partial charge in [-0.15, -0.1) is 0 Å². The lowest BCUT2D eigenvalue weighted by atomic mass is 10.2. The van der Waals surface area contributed by atoms with E-state index >= 15 is 0 Å². The maximum Gasteiger partial charge on any atom is 0.0948 e. The first-order chi connectivity index (χ1) is 11.8. The van der Waals surface area contributed by atoms with Gasteiger partial charge in [0.25, 0.3) is 0 Å². The van der Waals surface area contributed by atoms with Crippen molar-refractivity contribution in [3.05, 3.63) is 83.2 Å². The van der Waals surface area contributed by atoms with Crippen LogP contribution in [0, 0.1) is 0 Å². The molecule has 0 saturated carbocycles. The van der Waals surface area contributed by atoms with E-state index in [0.29, 0.717) is 0 Å². The molecule has 2 heterocycles. The molecular formula is C19H21ClN4. The molecule has 3 rings (SSSR count). The number of imidazole rings is 1. The number of halogens is 1. The summed E-state index contributed by atoms with van der Waals surface area (Å²) < 4.78 is 2.16. The highest BCUT2D eigenvalue weighted by Gasteiger charge is 2.13. The lowest BCUT2D eigenvalue weighted by molar-refractivity contribution is 0.238. The first kappa shape index (κ1) is 16.7. The van der Waals surface area contributed by atoms with Gasteiger partial charge in [-0.05, 0) is 30.7 Å². The van der Waals surface area contributed by atoms with Gasteiger partial charge in [0.1, 0.15) is 0 Å². The number of rotatable bonds is 7. The number of nitrogens with zero attached hydrogens (tertiary/aromatic N) is 4. The molecule has 2 aromatic heterocycles. The quantitative estimate of drug-likeness (QED) is 0.647. The number of benzene rings is 1. The maximum atomic E-state index is 6.35. The largest absolute Gasteiger partial charge is 0.334 e. The lowest BCUT2D eigenvalue weighted by Gasteiger charge is -2.23. The molecule has 0 radical (unpaired) electrons. The molecule has 0 aliphatic heterocycles. The third kappa shape index (κ3) is 4.22. The van der Waals surface area contributed by atoms with E-state index in [2.05, 4.69) is 38.5 Å². The molecule has 0 aliphatic carbocycles. The van der Waals surface area contributed by atoms with Crippen LogP contribution < -0.4 is 0 Å². The van der Waals surface area contributed by atoms with E-state index in [0.717, 1.165) is 42.5 Å². The van der Waals surface area contributed by atoms with E-state index in [9.17, 15) is 0 Å². The van der Waals surface area contributed by atoms with E-state index < -0.39 is 0 Å². The van der Waals surface area contributed by atoms with Crippen LogP contribution >= 0.6 is 11.6 Å². The van der Waals surface area contributed by atoms with Crippen LogP contribution in [0.4, 0.5) is 0 Å². The van der Waals surface area contributed by atoms with Crippen molar-refractivity contribution in [3.8, 4) is 0 Å². The Bertz CT molecular complexity index is 770. The van der Waals surface area contributed by atoms with Gasteiger partial charge >= 0.3 is 0 Å². The Morgan fingerprint density at radius 2 is 1.88 bits per heavy atom. The Morgan fingerprint density at radius 3 is 2.62 bits per heavy atom. The van der Waals surface area contributed by atoms with Gasteiger partial charge in [-0.1, -0.05) is 35.9 Å². The zero-order valence-corrected chi connectivity index (χ0v) is 14.5. The van der Waals surface area contributed by atoms with Crippen LogP contribution in [0.2, 0.25) is 5.02 Å². The fourth-order valence-corrected chi connectivity index (χ4v) is 2.95. The summed E-state index contributed by atoms with van der Waals surface area (Å²) >= 11 is 6.35. The molecule has 0 unspecified atom stereocenters. The topological polar surface area (TPSA) is 34.0 Å². The summed E-state index contributed by atoms with van der Waals surface area (Å²) in [6, 6.07) is 14.0. The fourth-order valence-electron chi connectivity index (χ4n) is 2.75. The van der Waals surface area contributed by atoms with E-state index in [1.54, 1.807) is 0 Å². The van der Waals surface area contributed by atoms with Crippen molar-refractivity contribution in [2.24, 2.45) is 0 Å². The van der Waals surface area contributed by atoms with E-state index in [1.807, 2.05) is 49.1 Å². The Morgan fingerprint density at radius 1 is 1.04 bits per heavy atom. The highest BCUT2D eigenvalue weighted by Crippen LogP contribution is 2.19. The average Bonchev–Trinajstić information content (AvgIpc) is 3.05. The van der Waals surface area contributed by atoms with Crippen LogP contribution in [0.15, 0.2) is 61.2 Å². The van der Waals surface area contributed by atoms with Crippen molar-refractivity contribution in [2.45, 2.75) is 33.1 Å². The molecule has 0 amide bonds. The fraction of sp³-hybridized carbons (Fsp3) is 0.263. The summed E-state index contributed by atoms with van der Waals surface area (Å²) in [4.78, 5) is 11.1. The summed E-state index contributed by atoms with van der Waals surface area (Å²) in [5.74, 6) is 0. The summed E-state index contributed by atoms with van der Waals surface area (Å²) in [6.07, 6.45) is 5.64. The van der Waals surface area contributed by atoms with Crippen molar-refractivity contribution in [1.29, 1.82) is 0 Å². The predicted octanol–water partition coefficient (Wildman–Crippen LogP) is 4.15. The molecule has 24 heavy (non-hydrogen) atoms. The Kier molecular flexibility index (Phi) is 5.62. The maximum absolute atomic E-state index is 6.35. The molecule has 0 N–H and O–H groups in total. The molecule has 5 heteroatoms.